The summed E-state index contributed by atoms with van der Waals surface area (Å²) in [6.07, 6.45) is 5.45. The van der Waals surface area contributed by atoms with E-state index in [0.717, 1.165) is 29.4 Å². The largest absolute Gasteiger partial charge is 0.497 e. The molecule has 0 aliphatic rings. The number of methoxy groups -OCH3 is 2. The Morgan fingerprint density at radius 2 is 1.71 bits per heavy atom. The Morgan fingerprint density at radius 3 is 2.35 bits per heavy atom. The predicted molar refractivity (Wildman–Crippen MR) is 123 cm³/mol. The maximum Gasteiger partial charge on any atom is 0.266 e. The van der Waals surface area contributed by atoms with E-state index in [9.17, 15) is 4.79 Å². The van der Waals surface area contributed by atoms with Crippen LogP contribution in [0, 0.1) is 0 Å². The number of fused-ring (bicyclic) bond motifs is 1. The van der Waals surface area contributed by atoms with Crippen molar-refractivity contribution in [2.24, 2.45) is 0 Å². The van der Waals surface area contributed by atoms with Crippen LogP contribution in [-0.2, 0) is 12.8 Å². The van der Waals surface area contributed by atoms with E-state index in [1.165, 1.54) is 16.7 Å². The molecule has 31 heavy (non-hydrogen) atoms. The van der Waals surface area contributed by atoms with Crippen LogP contribution in [0.1, 0.15) is 35.3 Å². The van der Waals surface area contributed by atoms with Gasteiger partial charge in [0.15, 0.2) is 0 Å². The lowest BCUT2D eigenvalue weighted by atomic mass is 9.94. The van der Waals surface area contributed by atoms with Gasteiger partial charge < -0.3 is 9.47 Å². The number of aryl methyl sites for hydroxylation is 2. The van der Waals surface area contributed by atoms with Gasteiger partial charge in [0.05, 0.1) is 37.2 Å². The molecular weight excluding hydrogens is 388 g/mol. The maximum absolute atomic E-state index is 13.3. The Kier molecular flexibility index (Phi) is 5.76. The second-order valence-corrected chi connectivity index (χ2v) is 7.34. The molecule has 0 N–H and O–H groups in total. The van der Waals surface area contributed by atoms with E-state index in [0.29, 0.717) is 17.1 Å². The minimum absolute atomic E-state index is 0.191. The lowest BCUT2D eigenvalue weighted by molar-refractivity contribution is 0.0961. The zero-order valence-electron chi connectivity index (χ0n) is 18.3. The van der Waals surface area contributed by atoms with Crippen LogP contribution < -0.4 is 9.47 Å². The molecule has 158 valence electrons. The average molecular weight is 415 g/mol. The number of carbonyl (C=O) groups is 1. The van der Waals surface area contributed by atoms with Crippen LogP contribution in [0.3, 0.4) is 0 Å². The van der Waals surface area contributed by atoms with Crippen LogP contribution in [0.25, 0.3) is 22.2 Å². The van der Waals surface area contributed by atoms with E-state index < -0.39 is 0 Å². The number of hydrogen-bond acceptors (Lipinski definition) is 4. The smallest absolute Gasteiger partial charge is 0.266 e. The fourth-order valence-corrected chi connectivity index (χ4v) is 4.03. The summed E-state index contributed by atoms with van der Waals surface area (Å²) in [7, 11) is 3.13. The highest BCUT2D eigenvalue weighted by Gasteiger charge is 2.18. The van der Waals surface area contributed by atoms with E-state index in [4.69, 9.17) is 14.5 Å². The normalized spacial score (nSPS) is 11.0. The van der Waals surface area contributed by atoms with E-state index >= 15 is 0 Å². The topological polar surface area (TPSA) is 53.4 Å². The van der Waals surface area contributed by atoms with Gasteiger partial charge in [-0.3, -0.25) is 14.3 Å². The van der Waals surface area contributed by atoms with Gasteiger partial charge in [-0.2, -0.15) is 0 Å². The number of carbonyl (C=O) groups excluding carboxylic acids is 1. The van der Waals surface area contributed by atoms with Crippen molar-refractivity contribution in [3.63, 3.8) is 0 Å². The molecule has 0 unspecified atom stereocenters. The molecule has 0 saturated heterocycles. The van der Waals surface area contributed by atoms with Gasteiger partial charge in [0.25, 0.3) is 5.91 Å². The lowest BCUT2D eigenvalue weighted by Gasteiger charge is -2.13. The Morgan fingerprint density at radius 1 is 0.968 bits per heavy atom. The predicted octanol–water partition coefficient (Wildman–Crippen LogP) is 5.53. The standard InChI is InChI=1S/C26H26N2O3/c1-5-17-8-7-9-18(6-2)25(17)22-14-19-12-13-28(23(19)16-27-22)26(29)21-15-20(30-3)10-11-24(21)31-4/h7-16H,5-6H2,1-4H3. The molecule has 5 heteroatoms. The van der Waals surface area contributed by atoms with Gasteiger partial charge >= 0.3 is 0 Å². The molecule has 5 nitrogen and oxygen atoms in total. The summed E-state index contributed by atoms with van der Waals surface area (Å²) in [6, 6.07) is 15.6. The van der Waals surface area contributed by atoms with Crippen LogP contribution in [0.5, 0.6) is 11.5 Å². The number of hydrogen-bond donors (Lipinski definition) is 0. The fraction of sp³-hybridized carbons (Fsp3) is 0.231. The molecule has 0 amide bonds. The molecule has 0 atom stereocenters. The van der Waals surface area contributed by atoms with Crippen molar-refractivity contribution in [2.75, 3.05) is 14.2 Å². The number of nitrogens with zero attached hydrogens (tertiary/aromatic N) is 2. The van der Waals surface area contributed by atoms with Crippen molar-refractivity contribution < 1.29 is 14.3 Å². The number of pyridine rings is 1. The summed E-state index contributed by atoms with van der Waals surface area (Å²) in [5.74, 6) is 0.912. The zero-order chi connectivity index (χ0) is 22.0. The first kappa shape index (κ1) is 20.7. The van der Waals surface area contributed by atoms with Crippen molar-refractivity contribution in [1.29, 1.82) is 0 Å². The summed E-state index contributed by atoms with van der Waals surface area (Å²) in [5, 5.41) is 0.966. The molecule has 4 aromatic rings. The Bertz CT molecular complexity index is 1230. The first-order valence-corrected chi connectivity index (χ1v) is 10.5. The van der Waals surface area contributed by atoms with Gasteiger partial charge in [-0.1, -0.05) is 32.0 Å². The molecule has 2 aromatic heterocycles. The third kappa shape index (κ3) is 3.67. The van der Waals surface area contributed by atoms with Crippen LogP contribution >= 0.6 is 0 Å². The molecule has 0 aliphatic carbocycles. The van der Waals surface area contributed by atoms with Crippen molar-refractivity contribution in [3.8, 4) is 22.8 Å². The van der Waals surface area contributed by atoms with Crippen LogP contribution in [-0.4, -0.2) is 29.7 Å². The number of aromatic nitrogens is 2. The van der Waals surface area contributed by atoms with Crippen LogP contribution in [0.2, 0.25) is 0 Å². The Labute approximate surface area is 182 Å². The zero-order valence-corrected chi connectivity index (χ0v) is 18.3. The van der Waals surface area contributed by atoms with Crippen molar-refractivity contribution in [2.45, 2.75) is 26.7 Å². The molecule has 0 radical (unpaired) electrons. The molecule has 0 bridgehead atoms. The highest BCUT2D eigenvalue weighted by molar-refractivity contribution is 6.04. The summed E-state index contributed by atoms with van der Waals surface area (Å²) >= 11 is 0. The molecule has 0 fully saturated rings. The summed E-state index contributed by atoms with van der Waals surface area (Å²) in [6.45, 7) is 4.32. The van der Waals surface area contributed by atoms with Crippen LogP contribution in [0.4, 0.5) is 0 Å². The molecule has 0 spiro atoms. The van der Waals surface area contributed by atoms with Gasteiger partial charge in [0.2, 0.25) is 0 Å². The Hall–Kier alpha value is -3.60. The second kappa shape index (κ2) is 8.64. The average Bonchev–Trinajstić information content (AvgIpc) is 3.25. The minimum atomic E-state index is -0.191. The fourth-order valence-electron chi connectivity index (χ4n) is 4.03. The molecule has 4 rings (SSSR count). The third-order valence-electron chi connectivity index (χ3n) is 5.69. The Balaban J connectivity index is 1.81. The van der Waals surface area contributed by atoms with E-state index in [-0.39, 0.29) is 5.91 Å². The summed E-state index contributed by atoms with van der Waals surface area (Å²) in [5.41, 5.74) is 5.89. The molecule has 0 saturated carbocycles. The van der Waals surface area contributed by atoms with Gasteiger partial charge in [-0.25, -0.2) is 0 Å². The quantitative estimate of drug-likeness (QED) is 0.416. The van der Waals surface area contributed by atoms with Crippen molar-refractivity contribution >= 4 is 16.8 Å². The number of benzene rings is 2. The van der Waals surface area contributed by atoms with E-state index in [1.807, 2.05) is 6.07 Å². The molecule has 0 aliphatic heterocycles. The summed E-state index contributed by atoms with van der Waals surface area (Å²) < 4.78 is 12.3. The van der Waals surface area contributed by atoms with E-state index in [2.05, 4.69) is 38.1 Å². The summed E-state index contributed by atoms with van der Waals surface area (Å²) in [4.78, 5) is 18.1. The van der Waals surface area contributed by atoms with Crippen LogP contribution in [0.15, 0.2) is 60.9 Å². The number of ether oxygens (including phenoxy) is 2. The molecule has 2 aromatic carbocycles. The van der Waals surface area contributed by atoms with Crippen molar-refractivity contribution in [1.82, 2.24) is 9.55 Å². The molecular formula is C26H26N2O3. The van der Waals surface area contributed by atoms with Gasteiger partial charge in [-0.15, -0.1) is 0 Å². The minimum Gasteiger partial charge on any atom is -0.497 e. The number of rotatable bonds is 6. The van der Waals surface area contributed by atoms with Gasteiger partial charge in [0, 0.05) is 17.1 Å². The highest BCUT2D eigenvalue weighted by atomic mass is 16.5. The second-order valence-electron chi connectivity index (χ2n) is 7.34. The maximum atomic E-state index is 13.3. The SMILES string of the molecule is CCc1cccc(CC)c1-c1cc2ccn(C(=O)c3cc(OC)ccc3OC)c2cn1. The van der Waals surface area contributed by atoms with E-state index in [1.54, 1.807) is 49.4 Å². The monoisotopic (exact) mass is 414 g/mol. The first-order valence-electron chi connectivity index (χ1n) is 10.5. The lowest BCUT2D eigenvalue weighted by Crippen LogP contribution is -2.12. The first-order chi connectivity index (χ1) is 15.1. The van der Waals surface area contributed by atoms with Gasteiger partial charge in [-0.05, 0) is 54.3 Å². The van der Waals surface area contributed by atoms with Gasteiger partial charge in [0.1, 0.15) is 11.5 Å². The van der Waals surface area contributed by atoms with Crippen molar-refractivity contribution in [3.05, 3.63) is 77.6 Å². The highest BCUT2D eigenvalue weighted by Crippen LogP contribution is 2.31. The molecule has 2 heterocycles. The third-order valence-corrected chi connectivity index (χ3v) is 5.69.